The van der Waals surface area contributed by atoms with Gasteiger partial charge in [0.1, 0.15) is 8.00 Å². The van der Waals surface area contributed by atoms with Crippen LogP contribution in [0.4, 0.5) is 0 Å². The Morgan fingerprint density at radius 1 is 1.29 bits per heavy atom. The van der Waals surface area contributed by atoms with Gasteiger partial charge in [-0.25, -0.2) is 0 Å². The largest absolute Gasteiger partial charge is 0.343 e. The molecule has 0 aliphatic rings. The minimum atomic E-state index is -1.12. The van der Waals surface area contributed by atoms with Gasteiger partial charge in [0.15, 0.2) is 0 Å². The molecule has 0 heterocycles. The van der Waals surface area contributed by atoms with Crippen molar-refractivity contribution in [3.05, 3.63) is 0 Å². The molecule has 0 fully saturated rings. The van der Waals surface area contributed by atoms with Crippen LogP contribution < -0.4 is 0 Å². The fourth-order valence-corrected chi connectivity index (χ4v) is 0.250. The van der Waals surface area contributed by atoms with Gasteiger partial charge in [0.05, 0.1) is 0 Å². The first kappa shape index (κ1) is 11.2. The third-order valence-electron chi connectivity index (χ3n) is 0.455. The topological polar surface area (TPSA) is 18.5 Å². The second-order valence-corrected chi connectivity index (χ2v) is 2.34. The van der Waals surface area contributed by atoms with Crippen molar-refractivity contribution >= 4 is 14.3 Å². The minimum absolute atomic E-state index is 0. The number of hydrogen-bond donors (Lipinski definition) is 0. The van der Waals surface area contributed by atoms with Crippen molar-refractivity contribution in [3.63, 3.8) is 0 Å². The third-order valence-corrected chi connectivity index (χ3v) is 1.37. The van der Waals surface area contributed by atoms with Gasteiger partial charge < -0.3 is 9.05 Å². The average Bonchev–Trinajstić information content (AvgIpc) is 1.65. The second kappa shape index (κ2) is 7.32. The number of hydrogen-bond acceptors (Lipinski definition) is 2. The van der Waals surface area contributed by atoms with Crippen LogP contribution in [-0.4, -0.2) is 20.5 Å². The number of rotatable bonds is 2. The molecule has 0 bridgehead atoms. The average molecular weight is 197 g/mol. The maximum absolute atomic E-state index is 4.67. The molecule has 4 heteroatoms. The van der Waals surface area contributed by atoms with Crippen molar-refractivity contribution in [1.82, 2.24) is 0 Å². The van der Waals surface area contributed by atoms with Crippen LogP contribution in [0.3, 0.4) is 0 Å². The summed E-state index contributed by atoms with van der Waals surface area (Å²) in [5.74, 6) is 0. The zero-order valence-corrected chi connectivity index (χ0v) is 8.44. The molecule has 0 spiro atoms. The first-order chi connectivity index (χ1) is 2.81. The predicted molar refractivity (Wildman–Crippen MR) is 29.5 cm³/mol. The fourth-order valence-electron chi connectivity index (χ4n) is 0.0833. The van der Waals surface area contributed by atoms with Gasteiger partial charge in [0, 0.05) is 46.9 Å². The molecule has 41 valence electrons. The van der Waals surface area contributed by atoms with E-state index >= 15 is 0 Å². The summed E-state index contributed by atoms with van der Waals surface area (Å²) in [6.07, 6.45) is 3.53. The van der Waals surface area contributed by atoms with E-state index in [9.17, 15) is 0 Å². The van der Waals surface area contributed by atoms with Gasteiger partial charge in [0.2, 0.25) is 0 Å². The third kappa shape index (κ3) is 7.32. The van der Waals surface area contributed by atoms with Crippen LogP contribution in [-0.2, 0) is 41.8 Å². The molecular weight excluding hydrogens is 188 g/mol. The zero-order valence-electron chi connectivity index (χ0n) is 4.60. The van der Waals surface area contributed by atoms with Crippen molar-refractivity contribution < 1.29 is 41.8 Å². The quantitative estimate of drug-likeness (QED) is 0.608. The molecule has 0 amide bonds. The predicted octanol–water partition coefficient (Wildman–Crippen LogP) is 0.753. The Hall–Kier alpha value is 1.32. The SMILES string of the molecule is C=[PH](OC)OC.[Y]. The summed E-state index contributed by atoms with van der Waals surface area (Å²) in [6.45, 7) is 0. The van der Waals surface area contributed by atoms with Crippen LogP contribution in [0.25, 0.3) is 0 Å². The van der Waals surface area contributed by atoms with E-state index in [4.69, 9.17) is 0 Å². The summed E-state index contributed by atoms with van der Waals surface area (Å²) < 4.78 is 9.34. The van der Waals surface area contributed by atoms with Crippen LogP contribution in [0.15, 0.2) is 0 Å². The van der Waals surface area contributed by atoms with Gasteiger partial charge in [-0.15, -0.1) is 0 Å². The fraction of sp³-hybridized carbons (Fsp3) is 0.667. The Balaban J connectivity index is 0. The second-order valence-electron chi connectivity index (χ2n) is 0.780. The summed E-state index contributed by atoms with van der Waals surface area (Å²) in [5, 5.41) is 0. The van der Waals surface area contributed by atoms with E-state index in [1.807, 2.05) is 0 Å². The summed E-state index contributed by atoms with van der Waals surface area (Å²) in [5.41, 5.74) is 0. The molecule has 0 aromatic rings. The van der Waals surface area contributed by atoms with Gasteiger partial charge >= 0.3 is 0 Å². The molecule has 7 heavy (non-hydrogen) atoms. The molecule has 0 aliphatic carbocycles. The van der Waals surface area contributed by atoms with Crippen molar-refractivity contribution in [3.8, 4) is 0 Å². The van der Waals surface area contributed by atoms with Crippen LogP contribution in [0.2, 0.25) is 0 Å². The smallest absolute Gasteiger partial charge is 0.104 e. The van der Waals surface area contributed by atoms with Crippen molar-refractivity contribution in [2.24, 2.45) is 0 Å². The van der Waals surface area contributed by atoms with Crippen LogP contribution >= 0.6 is 8.00 Å². The first-order valence-corrected chi connectivity index (χ1v) is 3.10. The first-order valence-electron chi connectivity index (χ1n) is 1.58. The van der Waals surface area contributed by atoms with E-state index < -0.39 is 8.00 Å². The van der Waals surface area contributed by atoms with Crippen LogP contribution in [0.1, 0.15) is 0 Å². The van der Waals surface area contributed by atoms with E-state index in [0.29, 0.717) is 0 Å². The van der Waals surface area contributed by atoms with Crippen LogP contribution in [0.5, 0.6) is 0 Å². The standard InChI is InChI=1S/C3H9O2P.Y/c1-4-6(3)5-2;/h6H,3H2,1-2H3;. The minimum Gasteiger partial charge on any atom is -0.343 e. The van der Waals surface area contributed by atoms with Crippen molar-refractivity contribution in [2.75, 3.05) is 14.2 Å². The van der Waals surface area contributed by atoms with Crippen molar-refractivity contribution in [2.45, 2.75) is 0 Å². The molecule has 0 rings (SSSR count). The zero-order chi connectivity index (χ0) is 4.99. The maximum Gasteiger partial charge on any atom is 0.104 e. The van der Waals surface area contributed by atoms with Gasteiger partial charge in [-0.3, -0.25) is 0 Å². The Morgan fingerprint density at radius 3 is 1.57 bits per heavy atom. The van der Waals surface area contributed by atoms with Gasteiger partial charge in [-0.1, -0.05) is 6.30 Å². The van der Waals surface area contributed by atoms with Crippen LogP contribution in [0, 0.1) is 0 Å². The Bertz CT molecular complexity index is 50.9. The summed E-state index contributed by atoms with van der Waals surface area (Å²) >= 11 is 0. The van der Waals surface area contributed by atoms with E-state index in [0.717, 1.165) is 0 Å². The van der Waals surface area contributed by atoms with Gasteiger partial charge in [-0.05, 0) is 0 Å². The summed E-state index contributed by atoms with van der Waals surface area (Å²) in [6, 6.07) is 0. The Kier molecular flexibility index (Phi) is 11.7. The van der Waals surface area contributed by atoms with Gasteiger partial charge in [0.25, 0.3) is 0 Å². The molecule has 0 aliphatic heterocycles. The molecule has 1 radical (unpaired) electrons. The molecule has 0 saturated carbocycles. The van der Waals surface area contributed by atoms with Gasteiger partial charge in [-0.2, -0.15) is 0 Å². The maximum atomic E-state index is 4.67. The Labute approximate surface area is 70.0 Å². The summed E-state index contributed by atoms with van der Waals surface area (Å²) in [4.78, 5) is 0. The normalized spacial score (nSPS) is 8.43. The summed E-state index contributed by atoms with van der Waals surface area (Å²) in [7, 11) is 2.06. The molecule has 0 unspecified atom stereocenters. The Morgan fingerprint density at radius 2 is 1.57 bits per heavy atom. The molecular formula is C3H9O2PY. The molecule has 0 N–H and O–H groups in total. The molecule has 0 saturated heterocycles. The van der Waals surface area contributed by atoms with E-state index in [2.05, 4.69) is 15.3 Å². The molecule has 0 aromatic carbocycles. The molecule has 0 aromatic heterocycles. The molecule has 0 atom stereocenters. The van der Waals surface area contributed by atoms with E-state index in [-0.39, 0.29) is 32.7 Å². The van der Waals surface area contributed by atoms with Crippen molar-refractivity contribution in [1.29, 1.82) is 0 Å². The van der Waals surface area contributed by atoms with E-state index in [1.165, 1.54) is 0 Å². The molecule has 2 nitrogen and oxygen atoms in total. The monoisotopic (exact) mass is 197 g/mol. The van der Waals surface area contributed by atoms with E-state index in [1.54, 1.807) is 14.2 Å².